The van der Waals surface area contributed by atoms with Crippen LogP contribution in [0, 0.1) is 18.2 Å². The first-order valence-electron chi connectivity index (χ1n) is 13.7. The van der Waals surface area contributed by atoms with Gasteiger partial charge in [-0.3, -0.25) is 4.90 Å². The molecule has 2 heterocycles. The Kier molecular flexibility index (Phi) is 19.8. The number of nitrogens with one attached hydrogen (secondary N) is 1. The number of ether oxygens (including phenoxy) is 2. The van der Waals surface area contributed by atoms with Gasteiger partial charge in [0, 0.05) is 45.0 Å². The predicted octanol–water partition coefficient (Wildman–Crippen LogP) is 6.19. The van der Waals surface area contributed by atoms with Crippen LogP contribution >= 0.6 is 0 Å². The molecule has 2 aromatic rings. The first-order valence-corrected chi connectivity index (χ1v) is 13.7. The van der Waals surface area contributed by atoms with Crippen LogP contribution in [0.5, 0.6) is 5.88 Å². The Morgan fingerprint density at radius 2 is 1.73 bits per heavy atom. The van der Waals surface area contributed by atoms with Gasteiger partial charge in [-0.1, -0.05) is 71.4 Å². The van der Waals surface area contributed by atoms with Gasteiger partial charge in [-0.05, 0) is 25.3 Å². The summed E-state index contributed by atoms with van der Waals surface area (Å²) in [6.07, 6.45) is 3.23. The molecule has 3 N–H and O–H groups in total. The number of hydrogen-bond acceptors (Lipinski definition) is 7. The van der Waals surface area contributed by atoms with E-state index in [9.17, 15) is 4.39 Å². The van der Waals surface area contributed by atoms with Crippen molar-refractivity contribution in [1.82, 2.24) is 9.88 Å². The van der Waals surface area contributed by atoms with Crippen molar-refractivity contribution in [3.05, 3.63) is 47.3 Å². The molecule has 0 unspecified atom stereocenters. The zero-order valence-corrected chi connectivity index (χ0v) is 24.1. The minimum Gasteiger partial charge on any atom is -0.474 e. The van der Waals surface area contributed by atoms with E-state index in [1.165, 1.54) is 11.8 Å². The van der Waals surface area contributed by atoms with Crippen molar-refractivity contribution in [2.24, 2.45) is 0 Å². The van der Waals surface area contributed by atoms with Crippen LogP contribution in [0.15, 0.2) is 30.3 Å². The number of benzene rings is 1. The standard InChI is InChI=1S/C17H29FN4O2.C8H9N.2C2H6/c1-3-5-22(6-4-2)14-13-15(19)20-17(16(14)18)24-12-9-21-7-10-23-11-8-21;1-7-3-2-4-8(5-7)6-9;2*1-2/h13H,3-12H2,1-2H3,(H2,19,20);2-6,9H,1H3;2*1-2H3. The maximum Gasteiger partial charge on any atom is 0.254 e. The lowest BCUT2D eigenvalue weighted by Crippen LogP contribution is -2.38. The highest BCUT2D eigenvalue weighted by Crippen LogP contribution is 2.28. The van der Waals surface area contributed by atoms with Crippen LogP contribution in [0.2, 0.25) is 0 Å². The van der Waals surface area contributed by atoms with Crippen LogP contribution in [-0.2, 0) is 4.74 Å². The lowest BCUT2D eigenvalue weighted by molar-refractivity contribution is 0.0317. The van der Waals surface area contributed by atoms with E-state index in [4.69, 9.17) is 20.6 Å². The Hall–Kier alpha value is -2.71. The Morgan fingerprint density at radius 3 is 2.24 bits per heavy atom. The fraction of sp³-hybridized carbons (Fsp3) is 0.586. The van der Waals surface area contributed by atoms with Gasteiger partial charge in [-0.15, -0.1) is 0 Å². The Morgan fingerprint density at radius 1 is 1.11 bits per heavy atom. The van der Waals surface area contributed by atoms with E-state index in [0.717, 1.165) is 64.3 Å². The molecule has 7 nitrogen and oxygen atoms in total. The second kappa shape index (κ2) is 21.4. The van der Waals surface area contributed by atoms with Gasteiger partial charge in [0.25, 0.3) is 5.88 Å². The number of anilines is 2. The highest BCUT2D eigenvalue weighted by atomic mass is 19.1. The van der Waals surface area contributed by atoms with Crippen molar-refractivity contribution >= 4 is 17.7 Å². The SMILES string of the molecule is CC.CC.CCCN(CCC)c1cc(N)nc(OCCN2CCOCC2)c1F.Cc1cccc(C=N)c1. The van der Waals surface area contributed by atoms with Gasteiger partial charge >= 0.3 is 0 Å². The monoisotopic (exact) mass is 519 g/mol. The summed E-state index contributed by atoms with van der Waals surface area (Å²) in [6.45, 7) is 20.1. The number of aromatic nitrogens is 1. The molecule has 1 aliphatic heterocycles. The van der Waals surface area contributed by atoms with E-state index < -0.39 is 5.82 Å². The number of halogens is 1. The molecule has 0 saturated carbocycles. The normalized spacial score (nSPS) is 12.5. The lowest BCUT2D eigenvalue weighted by atomic mass is 10.2. The topological polar surface area (TPSA) is 87.7 Å². The van der Waals surface area contributed by atoms with Crippen LogP contribution < -0.4 is 15.4 Å². The minimum atomic E-state index is -0.423. The fourth-order valence-electron chi connectivity index (χ4n) is 3.59. The van der Waals surface area contributed by atoms with Crippen molar-refractivity contribution < 1.29 is 13.9 Å². The lowest BCUT2D eigenvalue weighted by Gasteiger charge is -2.27. The van der Waals surface area contributed by atoms with Gasteiger partial charge in [0.2, 0.25) is 5.82 Å². The smallest absolute Gasteiger partial charge is 0.254 e. The molecule has 1 aromatic heterocycles. The molecule has 0 amide bonds. The molecule has 0 aliphatic carbocycles. The third-order valence-corrected chi connectivity index (χ3v) is 5.21. The van der Waals surface area contributed by atoms with E-state index in [0.29, 0.717) is 12.3 Å². The number of aryl methyl sites for hydroxylation is 1. The average molecular weight is 520 g/mol. The fourth-order valence-corrected chi connectivity index (χ4v) is 3.59. The molecule has 37 heavy (non-hydrogen) atoms. The van der Waals surface area contributed by atoms with E-state index in [-0.39, 0.29) is 11.7 Å². The Labute approximate surface area is 224 Å². The summed E-state index contributed by atoms with van der Waals surface area (Å²) in [5.41, 5.74) is 8.51. The minimum absolute atomic E-state index is 0.00420. The van der Waals surface area contributed by atoms with Crippen LogP contribution in [0.25, 0.3) is 0 Å². The molecule has 0 bridgehead atoms. The highest BCUT2D eigenvalue weighted by Gasteiger charge is 2.18. The summed E-state index contributed by atoms with van der Waals surface area (Å²) in [7, 11) is 0. The summed E-state index contributed by atoms with van der Waals surface area (Å²) in [5.74, 6) is -0.145. The maximum absolute atomic E-state index is 14.8. The number of pyridine rings is 1. The van der Waals surface area contributed by atoms with Crippen molar-refractivity contribution in [2.75, 3.05) is 63.2 Å². The first-order chi connectivity index (χ1) is 18.0. The number of nitrogen functional groups attached to an aromatic ring is 1. The van der Waals surface area contributed by atoms with Gasteiger partial charge in [0.1, 0.15) is 12.4 Å². The van der Waals surface area contributed by atoms with Gasteiger partial charge in [0.05, 0.1) is 18.9 Å². The molecule has 0 atom stereocenters. The van der Waals surface area contributed by atoms with E-state index in [1.807, 2.05) is 63.8 Å². The summed E-state index contributed by atoms with van der Waals surface area (Å²) in [5, 5.41) is 6.92. The Bertz CT molecular complexity index is 854. The van der Waals surface area contributed by atoms with Crippen molar-refractivity contribution in [3.8, 4) is 5.88 Å². The zero-order chi connectivity index (χ0) is 28.1. The Balaban J connectivity index is 0.000000829. The molecule has 1 fully saturated rings. The van der Waals surface area contributed by atoms with E-state index >= 15 is 0 Å². The molecule has 8 heteroatoms. The predicted molar refractivity (Wildman–Crippen MR) is 156 cm³/mol. The molecular weight excluding hydrogens is 469 g/mol. The number of hydrogen-bond donors (Lipinski definition) is 2. The second-order valence-electron chi connectivity index (χ2n) is 8.03. The molecule has 3 rings (SSSR count). The summed E-state index contributed by atoms with van der Waals surface area (Å²) >= 11 is 0. The summed E-state index contributed by atoms with van der Waals surface area (Å²) in [4.78, 5) is 8.26. The number of nitrogens with two attached hydrogens (primary N) is 1. The van der Waals surface area contributed by atoms with E-state index in [2.05, 4.69) is 23.7 Å². The molecule has 210 valence electrons. The molecular formula is C29H50FN5O2. The molecule has 1 aliphatic rings. The van der Waals surface area contributed by atoms with E-state index in [1.54, 1.807) is 6.07 Å². The van der Waals surface area contributed by atoms with Crippen LogP contribution in [-0.4, -0.2) is 68.6 Å². The molecule has 1 aromatic carbocycles. The molecule has 1 saturated heterocycles. The van der Waals surface area contributed by atoms with Crippen molar-refractivity contribution in [2.45, 2.75) is 61.3 Å². The maximum atomic E-state index is 14.8. The number of rotatable bonds is 10. The molecule has 0 radical (unpaired) electrons. The van der Waals surface area contributed by atoms with Crippen LogP contribution in [0.4, 0.5) is 15.9 Å². The summed E-state index contributed by atoms with van der Waals surface area (Å²) in [6, 6.07) is 9.46. The highest BCUT2D eigenvalue weighted by molar-refractivity contribution is 5.76. The van der Waals surface area contributed by atoms with Gasteiger partial charge in [0.15, 0.2) is 0 Å². The summed E-state index contributed by atoms with van der Waals surface area (Å²) < 4.78 is 25.7. The van der Waals surface area contributed by atoms with Crippen molar-refractivity contribution in [3.63, 3.8) is 0 Å². The average Bonchev–Trinajstić information content (AvgIpc) is 2.93. The van der Waals surface area contributed by atoms with Gasteiger partial charge < -0.3 is 25.5 Å². The zero-order valence-electron chi connectivity index (χ0n) is 24.1. The quantitative estimate of drug-likeness (QED) is 0.364. The molecule has 0 spiro atoms. The third-order valence-electron chi connectivity index (χ3n) is 5.21. The number of nitrogens with zero attached hydrogens (tertiary/aromatic N) is 3. The van der Waals surface area contributed by atoms with Crippen LogP contribution in [0.3, 0.4) is 0 Å². The third kappa shape index (κ3) is 13.4. The second-order valence-corrected chi connectivity index (χ2v) is 8.03. The van der Waals surface area contributed by atoms with Crippen molar-refractivity contribution in [1.29, 1.82) is 5.41 Å². The van der Waals surface area contributed by atoms with Crippen LogP contribution in [0.1, 0.15) is 65.5 Å². The van der Waals surface area contributed by atoms with Gasteiger partial charge in [-0.2, -0.15) is 9.37 Å². The largest absolute Gasteiger partial charge is 0.474 e. The first kappa shape index (κ1) is 34.3. The van der Waals surface area contributed by atoms with Gasteiger partial charge in [-0.25, -0.2) is 0 Å². The number of morpholine rings is 1.